The van der Waals surface area contributed by atoms with Crippen molar-refractivity contribution < 1.29 is 13.6 Å². The number of hydrogen-bond donors (Lipinski definition) is 3. The number of amides is 1. The van der Waals surface area contributed by atoms with Gasteiger partial charge in [0.05, 0.1) is 18.4 Å². The Kier molecular flexibility index (Phi) is 8.37. The van der Waals surface area contributed by atoms with Gasteiger partial charge < -0.3 is 20.5 Å². The molecule has 1 heterocycles. The van der Waals surface area contributed by atoms with Crippen molar-refractivity contribution in [2.75, 3.05) is 25.0 Å². The lowest BCUT2D eigenvalue weighted by Crippen LogP contribution is -2.47. The van der Waals surface area contributed by atoms with E-state index in [0.717, 1.165) is 24.7 Å². The number of hydrogen-bond acceptors (Lipinski definition) is 4. The first-order chi connectivity index (χ1) is 16.2. The SMILES string of the molecule is CC(C)C1Cc2cc(F)cc(F)c2C[C@H]1NCC(=O)Nc1cn(C(C)(C)CNCC(C)(C)C)cn1. The number of rotatable bonds is 9. The highest BCUT2D eigenvalue weighted by Gasteiger charge is 2.32. The van der Waals surface area contributed by atoms with Gasteiger partial charge in [-0.1, -0.05) is 34.6 Å². The van der Waals surface area contributed by atoms with Gasteiger partial charge in [-0.15, -0.1) is 0 Å². The van der Waals surface area contributed by atoms with Crippen LogP contribution in [-0.4, -0.2) is 41.1 Å². The van der Waals surface area contributed by atoms with Crippen LogP contribution in [-0.2, 0) is 23.2 Å². The number of nitrogens with zero attached hydrogens (tertiary/aromatic N) is 2. The Morgan fingerprint density at radius 2 is 1.86 bits per heavy atom. The molecule has 1 aromatic carbocycles. The molecule has 2 aromatic rings. The number of imidazole rings is 1. The molecule has 194 valence electrons. The van der Waals surface area contributed by atoms with Crippen LogP contribution < -0.4 is 16.0 Å². The molecule has 2 atom stereocenters. The maximum atomic E-state index is 14.4. The van der Waals surface area contributed by atoms with Crippen LogP contribution >= 0.6 is 0 Å². The fourth-order valence-corrected chi connectivity index (χ4v) is 4.72. The molecule has 0 spiro atoms. The van der Waals surface area contributed by atoms with Crippen LogP contribution in [0.25, 0.3) is 0 Å². The maximum absolute atomic E-state index is 14.4. The second-order valence-corrected chi connectivity index (χ2v) is 12.0. The molecule has 35 heavy (non-hydrogen) atoms. The number of aromatic nitrogens is 2. The highest BCUT2D eigenvalue weighted by atomic mass is 19.1. The smallest absolute Gasteiger partial charge is 0.239 e. The van der Waals surface area contributed by atoms with E-state index in [9.17, 15) is 13.6 Å². The van der Waals surface area contributed by atoms with Gasteiger partial charge in [-0.25, -0.2) is 13.8 Å². The zero-order chi connectivity index (χ0) is 26.0. The van der Waals surface area contributed by atoms with E-state index >= 15 is 0 Å². The Morgan fingerprint density at radius 3 is 2.51 bits per heavy atom. The van der Waals surface area contributed by atoms with E-state index in [1.807, 2.05) is 10.8 Å². The van der Waals surface area contributed by atoms with E-state index in [0.29, 0.717) is 30.1 Å². The van der Waals surface area contributed by atoms with Gasteiger partial charge in [0, 0.05) is 31.4 Å². The molecule has 0 fully saturated rings. The number of halogens is 2. The molecule has 0 radical (unpaired) electrons. The van der Waals surface area contributed by atoms with Crippen molar-refractivity contribution in [3.05, 3.63) is 47.4 Å². The predicted octanol–water partition coefficient (Wildman–Crippen LogP) is 4.50. The number of nitrogens with one attached hydrogen (secondary N) is 3. The Labute approximate surface area is 208 Å². The van der Waals surface area contributed by atoms with Crippen molar-refractivity contribution in [3.8, 4) is 0 Å². The molecular formula is C27H41F2N5O. The molecule has 1 aromatic heterocycles. The number of carbonyl (C=O) groups excluding carboxylic acids is 1. The third-order valence-electron chi connectivity index (χ3n) is 6.79. The second kappa shape index (κ2) is 10.7. The highest BCUT2D eigenvalue weighted by molar-refractivity contribution is 5.91. The average molecular weight is 490 g/mol. The van der Waals surface area contributed by atoms with Crippen molar-refractivity contribution >= 4 is 11.7 Å². The molecule has 6 nitrogen and oxygen atoms in total. The molecule has 1 aliphatic rings. The summed E-state index contributed by atoms with van der Waals surface area (Å²) in [6.45, 7) is 16.8. The quantitative estimate of drug-likeness (QED) is 0.485. The van der Waals surface area contributed by atoms with Crippen molar-refractivity contribution in [1.82, 2.24) is 20.2 Å². The van der Waals surface area contributed by atoms with Crippen LogP contribution in [0.4, 0.5) is 14.6 Å². The largest absolute Gasteiger partial charge is 0.328 e. The molecule has 0 bridgehead atoms. The van der Waals surface area contributed by atoms with E-state index in [1.54, 1.807) is 6.33 Å². The fourth-order valence-electron chi connectivity index (χ4n) is 4.72. The minimum Gasteiger partial charge on any atom is -0.328 e. The third kappa shape index (κ3) is 7.34. The molecule has 1 amide bonds. The first kappa shape index (κ1) is 27.3. The van der Waals surface area contributed by atoms with Crippen molar-refractivity contribution in [3.63, 3.8) is 0 Å². The van der Waals surface area contributed by atoms with Crippen molar-refractivity contribution in [2.24, 2.45) is 17.3 Å². The maximum Gasteiger partial charge on any atom is 0.239 e. The second-order valence-electron chi connectivity index (χ2n) is 12.0. The summed E-state index contributed by atoms with van der Waals surface area (Å²) >= 11 is 0. The first-order valence-corrected chi connectivity index (χ1v) is 12.5. The lowest BCUT2D eigenvalue weighted by atomic mass is 9.74. The van der Waals surface area contributed by atoms with Crippen LogP contribution in [0.2, 0.25) is 0 Å². The summed E-state index contributed by atoms with van der Waals surface area (Å²) < 4.78 is 30.1. The number of carbonyl (C=O) groups is 1. The summed E-state index contributed by atoms with van der Waals surface area (Å²) in [4.78, 5) is 17.0. The average Bonchev–Trinajstić information content (AvgIpc) is 3.20. The molecule has 3 rings (SSSR count). The zero-order valence-electron chi connectivity index (χ0n) is 22.1. The lowest BCUT2D eigenvalue weighted by molar-refractivity contribution is -0.115. The van der Waals surface area contributed by atoms with Gasteiger partial charge in [0.15, 0.2) is 5.82 Å². The molecule has 0 aliphatic heterocycles. The molecule has 1 unspecified atom stereocenters. The molecule has 8 heteroatoms. The summed E-state index contributed by atoms with van der Waals surface area (Å²) in [7, 11) is 0. The van der Waals surface area contributed by atoms with Gasteiger partial charge in [-0.05, 0) is 61.1 Å². The van der Waals surface area contributed by atoms with Gasteiger partial charge in [-0.2, -0.15) is 0 Å². The highest BCUT2D eigenvalue weighted by Crippen LogP contribution is 2.32. The minimum absolute atomic E-state index is 0.0707. The Morgan fingerprint density at radius 1 is 1.14 bits per heavy atom. The summed E-state index contributed by atoms with van der Waals surface area (Å²) in [5.74, 6) is -0.272. The monoisotopic (exact) mass is 489 g/mol. The lowest BCUT2D eigenvalue weighted by Gasteiger charge is -2.36. The first-order valence-electron chi connectivity index (χ1n) is 12.5. The van der Waals surface area contributed by atoms with Gasteiger partial charge in [0.2, 0.25) is 5.91 Å². The topological polar surface area (TPSA) is 71.0 Å². The molecule has 3 N–H and O–H groups in total. The molecule has 0 saturated heterocycles. The van der Waals surface area contributed by atoms with Crippen LogP contribution in [0.5, 0.6) is 0 Å². The predicted molar refractivity (Wildman–Crippen MR) is 136 cm³/mol. The van der Waals surface area contributed by atoms with Gasteiger partial charge >= 0.3 is 0 Å². The Balaban J connectivity index is 1.57. The van der Waals surface area contributed by atoms with Crippen molar-refractivity contribution in [1.29, 1.82) is 0 Å². The van der Waals surface area contributed by atoms with Gasteiger partial charge in [-0.3, -0.25) is 4.79 Å². The van der Waals surface area contributed by atoms with Crippen LogP contribution in [0, 0.1) is 28.9 Å². The van der Waals surface area contributed by atoms with Crippen LogP contribution in [0.3, 0.4) is 0 Å². The Bertz CT molecular complexity index is 1030. The summed E-state index contributed by atoms with van der Waals surface area (Å²) in [6, 6.07) is 2.31. The minimum atomic E-state index is -0.540. The summed E-state index contributed by atoms with van der Waals surface area (Å²) in [5, 5.41) is 9.68. The number of anilines is 1. The molecule has 0 saturated carbocycles. The van der Waals surface area contributed by atoms with E-state index in [2.05, 4.69) is 69.4 Å². The van der Waals surface area contributed by atoms with Crippen LogP contribution in [0.15, 0.2) is 24.7 Å². The fraction of sp³-hybridized carbons (Fsp3) is 0.630. The molecular weight excluding hydrogens is 448 g/mol. The molecule has 1 aliphatic carbocycles. The van der Waals surface area contributed by atoms with Crippen molar-refractivity contribution in [2.45, 2.75) is 72.9 Å². The van der Waals surface area contributed by atoms with Gasteiger partial charge in [0.1, 0.15) is 11.6 Å². The normalized spacial score (nSPS) is 18.6. The number of benzene rings is 1. The Hall–Kier alpha value is -2.32. The van der Waals surface area contributed by atoms with E-state index in [1.165, 1.54) is 6.07 Å². The van der Waals surface area contributed by atoms with E-state index < -0.39 is 11.6 Å². The zero-order valence-corrected chi connectivity index (χ0v) is 22.1. The van der Waals surface area contributed by atoms with Crippen LogP contribution in [0.1, 0.15) is 59.6 Å². The summed E-state index contributed by atoms with van der Waals surface area (Å²) in [5.41, 5.74) is 1.27. The summed E-state index contributed by atoms with van der Waals surface area (Å²) in [6.07, 6.45) is 4.59. The standard InChI is InChI=1S/C27H41F2N5O/c1-17(2)20-9-18-8-19(28)10-22(29)21(18)11-23(20)31-12-25(35)33-24-13-34(16-32-24)27(6,7)15-30-14-26(3,4)5/h8,10,13,16-17,20,23,30-31H,9,11-12,14-15H2,1-7H3,(H,33,35)/t20?,23-/m1/s1. The third-order valence-corrected chi connectivity index (χ3v) is 6.79. The number of fused-ring (bicyclic) bond motifs is 1. The van der Waals surface area contributed by atoms with E-state index in [4.69, 9.17) is 0 Å². The van der Waals surface area contributed by atoms with E-state index in [-0.39, 0.29) is 35.4 Å². The van der Waals surface area contributed by atoms with Gasteiger partial charge in [0.25, 0.3) is 0 Å².